The predicted molar refractivity (Wildman–Crippen MR) is 64.3 cm³/mol. The Hall–Kier alpha value is -0.630. The van der Waals surface area contributed by atoms with E-state index in [0.29, 0.717) is 0 Å². The first-order chi connectivity index (χ1) is 6.59. The van der Waals surface area contributed by atoms with Crippen molar-refractivity contribution in [3.05, 3.63) is 24.3 Å². The van der Waals surface area contributed by atoms with Gasteiger partial charge in [0.2, 0.25) is 0 Å². The summed E-state index contributed by atoms with van der Waals surface area (Å²) in [6.45, 7) is 7.99. The molecular weight excluding hydrogens is 190 g/mol. The molecule has 0 saturated carbocycles. The molecule has 0 bridgehead atoms. The molecule has 2 heteroatoms. The summed E-state index contributed by atoms with van der Waals surface area (Å²) in [5, 5.41) is 0. The maximum absolute atomic E-state index is 2.50. The fourth-order valence-corrected chi connectivity index (χ4v) is 2.86. The Morgan fingerprint density at radius 3 is 2.64 bits per heavy atom. The van der Waals surface area contributed by atoms with Crippen molar-refractivity contribution < 1.29 is 0 Å². The first-order valence-electron chi connectivity index (χ1n) is 5.08. The van der Waals surface area contributed by atoms with Crippen LogP contribution in [0, 0.1) is 0 Å². The van der Waals surface area contributed by atoms with Gasteiger partial charge in [-0.05, 0) is 32.9 Å². The summed E-state index contributed by atoms with van der Waals surface area (Å²) in [4.78, 5) is 3.92. The fraction of sp³-hybridized carbons (Fsp3) is 0.500. The van der Waals surface area contributed by atoms with E-state index in [1.807, 2.05) is 11.8 Å². The monoisotopic (exact) mass is 207 g/mol. The number of thioether (sulfide) groups is 1. The number of fused-ring (bicyclic) bond motifs is 1. The third-order valence-electron chi connectivity index (χ3n) is 2.54. The van der Waals surface area contributed by atoms with Gasteiger partial charge in [-0.15, -0.1) is 11.8 Å². The minimum atomic E-state index is 0.233. The Kier molecular flexibility index (Phi) is 2.48. The summed E-state index contributed by atoms with van der Waals surface area (Å²) in [6.07, 6.45) is 0. The Morgan fingerprint density at radius 1 is 1.21 bits per heavy atom. The molecule has 0 aromatic heterocycles. The third kappa shape index (κ3) is 1.76. The van der Waals surface area contributed by atoms with E-state index >= 15 is 0 Å². The number of hydrogen-bond acceptors (Lipinski definition) is 2. The van der Waals surface area contributed by atoms with Crippen LogP contribution in [0.4, 0.5) is 5.69 Å². The number of benzene rings is 1. The zero-order valence-corrected chi connectivity index (χ0v) is 9.90. The SMILES string of the molecule is CC(C)(C)N1CCSc2ccccc21. The van der Waals surface area contributed by atoms with Crippen molar-refractivity contribution in [2.45, 2.75) is 31.2 Å². The van der Waals surface area contributed by atoms with Gasteiger partial charge in [0.25, 0.3) is 0 Å². The number of rotatable bonds is 0. The first-order valence-corrected chi connectivity index (χ1v) is 6.07. The summed E-state index contributed by atoms with van der Waals surface area (Å²) >= 11 is 1.97. The van der Waals surface area contributed by atoms with E-state index in [1.54, 1.807) is 0 Å². The molecule has 0 N–H and O–H groups in total. The Labute approximate surface area is 90.5 Å². The molecule has 0 radical (unpaired) electrons. The summed E-state index contributed by atoms with van der Waals surface area (Å²) in [5.41, 5.74) is 1.63. The molecule has 1 heterocycles. The zero-order chi connectivity index (χ0) is 10.2. The molecule has 0 aliphatic carbocycles. The van der Waals surface area contributed by atoms with Crippen molar-refractivity contribution >= 4 is 17.4 Å². The first kappa shape index (κ1) is 9.91. The van der Waals surface area contributed by atoms with Crippen LogP contribution >= 0.6 is 11.8 Å². The molecule has 1 aromatic rings. The zero-order valence-electron chi connectivity index (χ0n) is 9.08. The van der Waals surface area contributed by atoms with Crippen LogP contribution in [0.2, 0.25) is 0 Å². The van der Waals surface area contributed by atoms with Gasteiger partial charge in [-0.1, -0.05) is 12.1 Å². The van der Waals surface area contributed by atoms with Crippen molar-refractivity contribution in [1.29, 1.82) is 0 Å². The lowest BCUT2D eigenvalue weighted by Crippen LogP contribution is -2.44. The average molecular weight is 207 g/mol. The van der Waals surface area contributed by atoms with Crippen molar-refractivity contribution in [2.75, 3.05) is 17.2 Å². The lowest BCUT2D eigenvalue weighted by Gasteiger charge is -2.41. The van der Waals surface area contributed by atoms with Gasteiger partial charge in [0.05, 0.1) is 5.69 Å². The van der Waals surface area contributed by atoms with E-state index in [2.05, 4.69) is 49.9 Å². The van der Waals surface area contributed by atoms with Gasteiger partial charge < -0.3 is 4.90 Å². The highest BCUT2D eigenvalue weighted by molar-refractivity contribution is 7.99. The van der Waals surface area contributed by atoms with E-state index < -0.39 is 0 Å². The highest BCUT2D eigenvalue weighted by Gasteiger charge is 2.26. The Morgan fingerprint density at radius 2 is 1.93 bits per heavy atom. The van der Waals surface area contributed by atoms with Crippen molar-refractivity contribution in [1.82, 2.24) is 0 Å². The summed E-state index contributed by atoms with van der Waals surface area (Å²) < 4.78 is 0. The highest BCUT2D eigenvalue weighted by Crippen LogP contribution is 2.37. The van der Waals surface area contributed by atoms with Crippen molar-refractivity contribution in [2.24, 2.45) is 0 Å². The van der Waals surface area contributed by atoms with Crippen LogP contribution in [0.25, 0.3) is 0 Å². The molecule has 0 atom stereocenters. The van der Waals surface area contributed by atoms with Gasteiger partial charge in [-0.2, -0.15) is 0 Å². The van der Waals surface area contributed by atoms with Crippen LogP contribution in [0.3, 0.4) is 0 Å². The summed E-state index contributed by atoms with van der Waals surface area (Å²) in [5.74, 6) is 1.20. The standard InChI is InChI=1S/C12H17NS/c1-12(2,3)13-8-9-14-11-7-5-4-6-10(11)13/h4-7H,8-9H2,1-3H3. The largest absolute Gasteiger partial charge is 0.365 e. The predicted octanol–water partition coefficient (Wildman–Crippen LogP) is 3.40. The number of para-hydroxylation sites is 1. The molecule has 1 aliphatic rings. The quantitative estimate of drug-likeness (QED) is 0.641. The molecule has 0 amide bonds. The maximum Gasteiger partial charge on any atom is 0.0509 e. The van der Waals surface area contributed by atoms with Gasteiger partial charge >= 0.3 is 0 Å². The van der Waals surface area contributed by atoms with Crippen LogP contribution in [-0.2, 0) is 0 Å². The van der Waals surface area contributed by atoms with E-state index in [1.165, 1.54) is 16.3 Å². The molecule has 1 nitrogen and oxygen atoms in total. The topological polar surface area (TPSA) is 3.24 Å². The van der Waals surface area contributed by atoms with E-state index in [4.69, 9.17) is 0 Å². The minimum absolute atomic E-state index is 0.233. The lowest BCUT2D eigenvalue weighted by molar-refractivity contribution is 0.509. The number of anilines is 1. The van der Waals surface area contributed by atoms with Crippen LogP contribution < -0.4 is 4.90 Å². The van der Waals surface area contributed by atoms with Crippen molar-refractivity contribution in [3.8, 4) is 0 Å². The summed E-state index contributed by atoms with van der Waals surface area (Å²) in [6, 6.07) is 8.70. The van der Waals surface area contributed by atoms with E-state index in [9.17, 15) is 0 Å². The summed E-state index contributed by atoms with van der Waals surface area (Å²) in [7, 11) is 0. The molecule has 0 fully saturated rings. The number of nitrogens with zero attached hydrogens (tertiary/aromatic N) is 1. The van der Waals surface area contributed by atoms with Gasteiger partial charge in [0.1, 0.15) is 0 Å². The highest BCUT2D eigenvalue weighted by atomic mass is 32.2. The van der Waals surface area contributed by atoms with E-state index in [-0.39, 0.29) is 5.54 Å². The molecule has 76 valence electrons. The van der Waals surface area contributed by atoms with Gasteiger partial charge in [0, 0.05) is 22.7 Å². The van der Waals surface area contributed by atoms with Gasteiger partial charge in [0.15, 0.2) is 0 Å². The molecule has 1 aliphatic heterocycles. The van der Waals surface area contributed by atoms with Crippen LogP contribution in [0.1, 0.15) is 20.8 Å². The fourth-order valence-electron chi connectivity index (χ4n) is 1.87. The minimum Gasteiger partial charge on any atom is -0.365 e. The number of hydrogen-bond donors (Lipinski definition) is 0. The molecule has 0 spiro atoms. The Balaban J connectivity index is 2.41. The maximum atomic E-state index is 2.50. The van der Waals surface area contributed by atoms with E-state index in [0.717, 1.165) is 6.54 Å². The van der Waals surface area contributed by atoms with Gasteiger partial charge in [-0.25, -0.2) is 0 Å². The third-order valence-corrected chi connectivity index (χ3v) is 3.58. The van der Waals surface area contributed by atoms with Crippen LogP contribution in [0.15, 0.2) is 29.2 Å². The molecule has 2 rings (SSSR count). The Bertz CT molecular complexity index is 327. The second-order valence-corrected chi connectivity index (χ2v) is 5.78. The second kappa shape index (κ2) is 3.50. The normalized spacial score (nSPS) is 16.6. The molecular formula is C12H17NS. The van der Waals surface area contributed by atoms with Crippen molar-refractivity contribution in [3.63, 3.8) is 0 Å². The molecule has 1 aromatic carbocycles. The average Bonchev–Trinajstić information content (AvgIpc) is 2.15. The molecule has 14 heavy (non-hydrogen) atoms. The molecule has 0 saturated heterocycles. The van der Waals surface area contributed by atoms with Gasteiger partial charge in [-0.3, -0.25) is 0 Å². The molecule has 0 unspecified atom stereocenters. The lowest BCUT2D eigenvalue weighted by atomic mass is 10.0. The van der Waals surface area contributed by atoms with Crippen LogP contribution in [0.5, 0.6) is 0 Å². The van der Waals surface area contributed by atoms with Crippen LogP contribution in [-0.4, -0.2) is 17.8 Å². The smallest absolute Gasteiger partial charge is 0.0509 e. The second-order valence-electron chi connectivity index (χ2n) is 4.64.